The highest BCUT2D eigenvalue weighted by atomic mass is 79.9. The van der Waals surface area contributed by atoms with E-state index < -0.39 is 0 Å². The molecule has 4 aromatic rings. The van der Waals surface area contributed by atoms with Crippen molar-refractivity contribution in [1.29, 1.82) is 0 Å². The minimum absolute atomic E-state index is 0.151. The maximum atomic E-state index is 13.4. The molecule has 184 valence electrons. The van der Waals surface area contributed by atoms with E-state index in [2.05, 4.69) is 21.2 Å². The summed E-state index contributed by atoms with van der Waals surface area (Å²) in [5.74, 6) is -0.728. The van der Waals surface area contributed by atoms with Gasteiger partial charge in [0, 0.05) is 20.4 Å². The number of carbonyl (C=O) groups is 2. The van der Waals surface area contributed by atoms with Gasteiger partial charge in [-0.25, -0.2) is 9.79 Å². The number of halogens is 1. The molecular weight excluding hydrogens is 540 g/mol. The molecule has 0 bridgehead atoms. The highest BCUT2D eigenvalue weighted by molar-refractivity contribution is 9.10. The number of rotatable bonds is 5. The Morgan fingerprint density at radius 3 is 2.67 bits per heavy atom. The lowest BCUT2D eigenvalue weighted by atomic mass is 9.95. The Kier molecular flexibility index (Phi) is 7.07. The van der Waals surface area contributed by atoms with Gasteiger partial charge in [0.05, 0.1) is 12.2 Å². The van der Waals surface area contributed by atoms with Crippen molar-refractivity contribution in [2.24, 2.45) is 4.99 Å². The zero-order valence-corrected chi connectivity index (χ0v) is 22.4. The van der Waals surface area contributed by atoms with Crippen molar-refractivity contribution < 1.29 is 18.7 Å². The first kappa shape index (κ1) is 24.5. The number of nitrogens with one attached hydrogen (secondary N) is 1. The van der Waals surface area contributed by atoms with Crippen molar-refractivity contribution in [2.75, 3.05) is 11.9 Å². The molecule has 1 N–H and O–H groups in total. The normalized spacial score (nSPS) is 13.5. The molecule has 1 aliphatic rings. The van der Waals surface area contributed by atoms with Gasteiger partial charge in [0.15, 0.2) is 0 Å². The Labute approximate surface area is 221 Å². The minimum Gasteiger partial charge on any atom is -0.462 e. The van der Waals surface area contributed by atoms with Gasteiger partial charge in [-0.05, 0) is 81.5 Å². The van der Waals surface area contributed by atoms with E-state index in [0.29, 0.717) is 21.8 Å². The van der Waals surface area contributed by atoms with Gasteiger partial charge in [0.2, 0.25) is 5.55 Å². The Morgan fingerprint density at radius 1 is 1.11 bits per heavy atom. The molecule has 0 saturated heterocycles. The summed E-state index contributed by atoms with van der Waals surface area (Å²) in [6.45, 7) is 4.06. The van der Waals surface area contributed by atoms with Gasteiger partial charge in [-0.15, -0.1) is 11.3 Å². The molecule has 1 amide bonds. The fraction of sp³-hybridized carbons (Fsp3) is 0.250. The van der Waals surface area contributed by atoms with Gasteiger partial charge in [-0.1, -0.05) is 33.6 Å². The summed E-state index contributed by atoms with van der Waals surface area (Å²) >= 11 is 4.96. The average molecular weight is 565 g/mol. The summed E-state index contributed by atoms with van der Waals surface area (Å²) in [4.78, 5) is 32.3. The monoisotopic (exact) mass is 564 g/mol. The smallest absolute Gasteiger partial charge is 0.341 e. The number of ether oxygens (including phenoxy) is 1. The molecule has 0 aliphatic heterocycles. The summed E-state index contributed by atoms with van der Waals surface area (Å²) in [6, 6.07) is 14.9. The molecule has 0 unspecified atom stereocenters. The number of benzene rings is 2. The van der Waals surface area contributed by atoms with E-state index >= 15 is 0 Å². The number of fused-ring (bicyclic) bond motifs is 2. The molecule has 5 rings (SSSR count). The summed E-state index contributed by atoms with van der Waals surface area (Å²) < 4.78 is 12.4. The third-order valence-electron chi connectivity index (χ3n) is 6.10. The summed E-state index contributed by atoms with van der Waals surface area (Å²) in [5, 5.41) is 4.21. The van der Waals surface area contributed by atoms with Crippen molar-refractivity contribution in [1.82, 2.24) is 0 Å². The van der Waals surface area contributed by atoms with Crippen LogP contribution in [-0.2, 0) is 17.6 Å². The van der Waals surface area contributed by atoms with E-state index in [9.17, 15) is 9.59 Å². The van der Waals surface area contributed by atoms with Crippen LogP contribution in [-0.4, -0.2) is 18.5 Å². The fourth-order valence-electron chi connectivity index (χ4n) is 4.32. The van der Waals surface area contributed by atoms with Gasteiger partial charge in [0.1, 0.15) is 16.1 Å². The number of nitrogens with zero attached hydrogens (tertiary/aromatic N) is 1. The van der Waals surface area contributed by atoms with Crippen LogP contribution in [0.15, 0.2) is 62.4 Å². The molecule has 0 radical (unpaired) electrons. The number of hydrogen-bond acceptors (Lipinski definition) is 6. The number of carbonyl (C=O) groups excluding carboxylic acids is 2. The second-order valence-corrected chi connectivity index (χ2v) is 10.7. The molecule has 2 aromatic carbocycles. The quantitative estimate of drug-likeness (QED) is 0.262. The largest absolute Gasteiger partial charge is 0.462 e. The molecule has 0 atom stereocenters. The van der Waals surface area contributed by atoms with E-state index in [1.165, 1.54) is 11.3 Å². The third kappa shape index (κ3) is 5.01. The van der Waals surface area contributed by atoms with Crippen LogP contribution in [0.5, 0.6) is 0 Å². The second-order valence-electron chi connectivity index (χ2n) is 8.69. The van der Waals surface area contributed by atoms with Gasteiger partial charge in [-0.3, -0.25) is 4.79 Å². The third-order valence-corrected chi connectivity index (χ3v) is 7.78. The van der Waals surface area contributed by atoms with Crippen LogP contribution in [0.3, 0.4) is 0 Å². The summed E-state index contributed by atoms with van der Waals surface area (Å²) in [6.07, 6.45) is 3.83. The number of amides is 1. The molecule has 36 heavy (non-hydrogen) atoms. The molecule has 6 nitrogen and oxygen atoms in total. The number of anilines is 1. The fourth-order valence-corrected chi connectivity index (χ4v) is 5.94. The highest BCUT2D eigenvalue weighted by Crippen LogP contribution is 2.40. The molecule has 1 aliphatic carbocycles. The lowest BCUT2D eigenvalue weighted by Gasteiger charge is -2.11. The van der Waals surface area contributed by atoms with Crippen LogP contribution in [0.1, 0.15) is 56.5 Å². The maximum absolute atomic E-state index is 13.4. The number of aryl methyl sites for hydroxylation is 2. The van der Waals surface area contributed by atoms with Crippen molar-refractivity contribution >= 4 is 60.8 Å². The van der Waals surface area contributed by atoms with Crippen LogP contribution in [0.4, 0.5) is 10.7 Å². The molecule has 0 fully saturated rings. The van der Waals surface area contributed by atoms with Crippen molar-refractivity contribution in [3.63, 3.8) is 0 Å². The van der Waals surface area contributed by atoms with E-state index in [-0.39, 0.29) is 29.6 Å². The average Bonchev–Trinajstić information content (AvgIpc) is 3.23. The van der Waals surface area contributed by atoms with E-state index in [4.69, 9.17) is 14.1 Å². The SMILES string of the molecule is CCOC(=O)c1c(/N=c2\oc3ccc(Br)cc3cc2C(=O)Nc2ccc(C)cc2)sc2c1CCCC2. The zero-order chi connectivity index (χ0) is 25.2. The lowest BCUT2D eigenvalue weighted by Crippen LogP contribution is -2.21. The second kappa shape index (κ2) is 10.4. The predicted molar refractivity (Wildman–Crippen MR) is 145 cm³/mol. The first-order valence-corrected chi connectivity index (χ1v) is 13.5. The Balaban J connectivity index is 1.68. The Hall–Kier alpha value is -3.23. The van der Waals surface area contributed by atoms with Crippen LogP contribution in [0.25, 0.3) is 11.0 Å². The van der Waals surface area contributed by atoms with E-state index in [0.717, 1.165) is 51.5 Å². The van der Waals surface area contributed by atoms with E-state index in [1.54, 1.807) is 13.0 Å². The Morgan fingerprint density at radius 2 is 1.89 bits per heavy atom. The van der Waals surface area contributed by atoms with Crippen LogP contribution in [0.2, 0.25) is 0 Å². The zero-order valence-electron chi connectivity index (χ0n) is 20.0. The molecule has 2 aromatic heterocycles. The van der Waals surface area contributed by atoms with Gasteiger partial charge in [-0.2, -0.15) is 0 Å². The number of esters is 1. The topological polar surface area (TPSA) is 80.9 Å². The van der Waals surface area contributed by atoms with Gasteiger partial charge >= 0.3 is 5.97 Å². The first-order chi connectivity index (χ1) is 17.4. The summed E-state index contributed by atoms with van der Waals surface area (Å²) in [5.41, 5.74) is 4.29. The summed E-state index contributed by atoms with van der Waals surface area (Å²) in [7, 11) is 0. The minimum atomic E-state index is -0.383. The molecule has 8 heteroatoms. The van der Waals surface area contributed by atoms with Gasteiger partial charge in [0.25, 0.3) is 5.91 Å². The standard InChI is InChI=1S/C28H25BrN2O4S/c1-3-34-28(33)24-20-6-4-5-7-23(20)36-27(24)31-26-21(15-17-14-18(29)10-13-22(17)35-26)25(32)30-19-11-8-16(2)9-12-19/h8-15H,3-7H2,1-2H3,(H,30,32)/b31-26-. The van der Waals surface area contributed by atoms with Crippen LogP contribution < -0.4 is 10.9 Å². The predicted octanol–water partition coefficient (Wildman–Crippen LogP) is 7.11. The molecule has 0 spiro atoms. The van der Waals surface area contributed by atoms with Crippen LogP contribution >= 0.6 is 27.3 Å². The maximum Gasteiger partial charge on any atom is 0.341 e. The molecular formula is C28H25BrN2O4S. The first-order valence-electron chi connectivity index (χ1n) is 11.9. The Bertz CT molecular complexity index is 1540. The molecule has 2 heterocycles. The van der Waals surface area contributed by atoms with Crippen molar-refractivity contribution in [3.05, 3.63) is 85.7 Å². The van der Waals surface area contributed by atoms with E-state index in [1.807, 2.05) is 49.4 Å². The molecule has 0 saturated carbocycles. The number of thiophene rings is 1. The van der Waals surface area contributed by atoms with Crippen molar-refractivity contribution in [3.8, 4) is 0 Å². The number of hydrogen-bond donors (Lipinski definition) is 1. The van der Waals surface area contributed by atoms with Crippen molar-refractivity contribution in [2.45, 2.75) is 39.5 Å². The van der Waals surface area contributed by atoms with Crippen LogP contribution in [0, 0.1) is 6.92 Å². The highest BCUT2D eigenvalue weighted by Gasteiger charge is 2.27. The lowest BCUT2D eigenvalue weighted by molar-refractivity contribution is 0.0526. The van der Waals surface area contributed by atoms with Gasteiger partial charge < -0.3 is 14.5 Å².